The minimum Gasteiger partial charge on any atom is -0.489 e. The maximum Gasteiger partial charge on any atom is 0.142 e. The first-order chi connectivity index (χ1) is 6.95. The molecule has 0 amide bonds. The number of benzene rings is 1. The zero-order valence-electron chi connectivity index (χ0n) is 7.68. The number of hydrogen-bond donors (Lipinski definition) is 0. The van der Waals surface area contributed by atoms with Crippen LogP contribution in [0.1, 0.15) is 11.1 Å². The van der Waals surface area contributed by atoms with Crippen molar-refractivity contribution in [2.45, 2.75) is 6.10 Å². The predicted octanol–water partition coefficient (Wildman–Crippen LogP) is 3.01. The Balaban J connectivity index is 2.22. The van der Waals surface area contributed by atoms with Gasteiger partial charge in [-0.05, 0) is 23.3 Å². The maximum atomic E-state index is 5.50. The normalized spacial score (nSPS) is 22.0. The van der Waals surface area contributed by atoms with E-state index in [-0.39, 0.29) is 6.10 Å². The van der Waals surface area contributed by atoms with E-state index in [1.807, 2.05) is 6.08 Å². The molecule has 3 rings (SSSR count). The van der Waals surface area contributed by atoms with Crippen molar-refractivity contribution in [3.05, 3.63) is 59.9 Å². The van der Waals surface area contributed by atoms with E-state index < -0.39 is 0 Å². The van der Waals surface area contributed by atoms with Gasteiger partial charge in [-0.15, -0.1) is 0 Å². The van der Waals surface area contributed by atoms with E-state index in [2.05, 4.69) is 42.5 Å². The summed E-state index contributed by atoms with van der Waals surface area (Å²) in [7, 11) is 0. The zero-order chi connectivity index (χ0) is 9.38. The Morgan fingerprint density at radius 1 is 1.14 bits per heavy atom. The smallest absolute Gasteiger partial charge is 0.142 e. The van der Waals surface area contributed by atoms with E-state index in [1.54, 1.807) is 6.26 Å². The van der Waals surface area contributed by atoms with Gasteiger partial charge in [-0.25, -0.2) is 0 Å². The van der Waals surface area contributed by atoms with Gasteiger partial charge in [0, 0.05) is 5.57 Å². The summed E-state index contributed by atoms with van der Waals surface area (Å²) >= 11 is 0. The average molecular weight is 182 g/mol. The van der Waals surface area contributed by atoms with Crippen molar-refractivity contribution in [1.29, 1.82) is 0 Å². The Morgan fingerprint density at radius 2 is 2.07 bits per heavy atom. The largest absolute Gasteiger partial charge is 0.489 e. The molecule has 1 unspecified atom stereocenters. The molecule has 1 aliphatic carbocycles. The Morgan fingerprint density at radius 3 is 3.07 bits per heavy atom. The lowest BCUT2D eigenvalue weighted by Gasteiger charge is -2.24. The summed E-state index contributed by atoms with van der Waals surface area (Å²) in [5.74, 6) is 0. The molecule has 1 heterocycles. The molecule has 0 aromatic heterocycles. The van der Waals surface area contributed by atoms with Crippen molar-refractivity contribution < 1.29 is 4.74 Å². The van der Waals surface area contributed by atoms with E-state index in [0.717, 1.165) is 0 Å². The van der Waals surface area contributed by atoms with Crippen LogP contribution in [0, 0.1) is 0 Å². The Hall–Kier alpha value is -1.76. The highest BCUT2D eigenvalue weighted by Gasteiger charge is 2.20. The van der Waals surface area contributed by atoms with Crippen LogP contribution in [0.3, 0.4) is 0 Å². The summed E-state index contributed by atoms with van der Waals surface area (Å²) in [5.41, 5.74) is 3.81. The topological polar surface area (TPSA) is 9.23 Å². The van der Waals surface area contributed by atoms with Gasteiger partial charge in [0.25, 0.3) is 0 Å². The van der Waals surface area contributed by atoms with Gasteiger partial charge in [0.1, 0.15) is 6.10 Å². The van der Waals surface area contributed by atoms with Gasteiger partial charge in [0.2, 0.25) is 0 Å². The quantitative estimate of drug-likeness (QED) is 0.599. The molecule has 1 nitrogen and oxygen atoms in total. The third kappa shape index (κ3) is 1.02. The molecule has 68 valence electrons. The minimum atomic E-state index is 0.106. The van der Waals surface area contributed by atoms with Crippen LogP contribution in [-0.4, -0.2) is 6.10 Å². The summed E-state index contributed by atoms with van der Waals surface area (Å²) in [5, 5.41) is 0. The summed E-state index contributed by atoms with van der Waals surface area (Å²) in [6, 6.07) is 8.39. The van der Waals surface area contributed by atoms with Crippen LogP contribution >= 0.6 is 0 Å². The van der Waals surface area contributed by atoms with E-state index in [4.69, 9.17) is 4.74 Å². The summed E-state index contributed by atoms with van der Waals surface area (Å²) < 4.78 is 5.50. The lowest BCUT2D eigenvalue weighted by molar-refractivity contribution is 0.232. The van der Waals surface area contributed by atoms with Gasteiger partial charge in [0.15, 0.2) is 0 Å². The first-order valence-electron chi connectivity index (χ1n) is 4.75. The lowest BCUT2D eigenvalue weighted by atomic mass is 9.89. The fourth-order valence-corrected chi connectivity index (χ4v) is 1.93. The summed E-state index contributed by atoms with van der Waals surface area (Å²) in [6.07, 6.45) is 10.1. The highest BCUT2D eigenvalue weighted by Crippen LogP contribution is 2.32. The second-order valence-electron chi connectivity index (χ2n) is 3.45. The molecule has 0 saturated carbocycles. The van der Waals surface area contributed by atoms with Gasteiger partial charge in [0.05, 0.1) is 6.26 Å². The molecule has 0 fully saturated rings. The predicted molar refractivity (Wildman–Crippen MR) is 57.5 cm³/mol. The van der Waals surface area contributed by atoms with Crippen molar-refractivity contribution in [1.82, 2.24) is 0 Å². The molecule has 1 atom stereocenters. The fraction of sp³-hybridized carbons (Fsp3) is 0.0769. The van der Waals surface area contributed by atoms with Crippen molar-refractivity contribution >= 4 is 11.6 Å². The Labute approximate surface area is 83.0 Å². The average Bonchev–Trinajstić information content (AvgIpc) is 2.29. The molecule has 1 aromatic rings. The van der Waals surface area contributed by atoms with Crippen LogP contribution in [0.5, 0.6) is 0 Å². The highest BCUT2D eigenvalue weighted by atomic mass is 16.5. The van der Waals surface area contributed by atoms with Crippen molar-refractivity contribution in [3.63, 3.8) is 0 Å². The minimum absolute atomic E-state index is 0.106. The number of allylic oxidation sites excluding steroid dienone is 2. The van der Waals surface area contributed by atoms with E-state index in [0.29, 0.717) is 0 Å². The van der Waals surface area contributed by atoms with Gasteiger partial charge in [-0.1, -0.05) is 36.4 Å². The molecule has 1 aromatic carbocycles. The van der Waals surface area contributed by atoms with E-state index in [1.165, 1.54) is 16.7 Å². The molecule has 0 spiro atoms. The number of fused-ring (bicyclic) bond motifs is 3. The van der Waals surface area contributed by atoms with Crippen LogP contribution in [-0.2, 0) is 4.74 Å². The maximum absolute atomic E-state index is 5.50. The van der Waals surface area contributed by atoms with Crippen LogP contribution in [0.15, 0.2) is 48.8 Å². The second kappa shape index (κ2) is 2.88. The molecule has 0 radical (unpaired) electrons. The third-order valence-electron chi connectivity index (χ3n) is 2.61. The Kier molecular flexibility index (Phi) is 1.57. The summed E-state index contributed by atoms with van der Waals surface area (Å²) in [4.78, 5) is 0. The molecule has 0 saturated heterocycles. The SMILES string of the molecule is C1=COC2C=Cc3ccccc3C2=C1. The van der Waals surface area contributed by atoms with E-state index in [9.17, 15) is 0 Å². The van der Waals surface area contributed by atoms with Crippen molar-refractivity contribution in [2.75, 3.05) is 0 Å². The second-order valence-corrected chi connectivity index (χ2v) is 3.45. The standard InChI is InChI=1S/C13H10O/c1-2-5-11-10(4-1)7-8-13-12(11)6-3-9-14-13/h1-9,13H. The van der Waals surface area contributed by atoms with Crippen LogP contribution in [0.25, 0.3) is 11.6 Å². The first kappa shape index (κ1) is 7.63. The molecular formula is C13H10O. The van der Waals surface area contributed by atoms with Crippen molar-refractivity contribution in [3.8, 4) is 0 Å². The number of ether oxygens (including phenoxy) is 1. The van der Waals surface area contributed by atoms with E-state index >= 15 is 0 Å². The number of hydrogen-bond acceptors (Lipinski definition) is 1. The first-order valence-corrected chi connectivity index (χ1v) is 4.75. The Bertz CT molecular complexity index is 452. The monoisotopic (exact) mass is 182 g/mol. The van der Waals surface area contributed by atoms with Crippen LogP contribution in [0.4, 0.5) is 0 Å². The molecule has 0 bridgehead atoms. The lowest BCUT2D eigenvalue weighted by Crippen LogP contribution is -2.15. The van der Waals surface area contributed by atoms with Gasteiger partial charge >= 0.3 is 0 Å². The molecule has 1 aliphatic heterocycles. The molecular weight excluding hydrogens is 172 g/mol. The molecule has 1 heteroatoms. The number of rotatable bonds is 0. The fourth-order valence-electron chi connectivity index (χ4n) is 1.93. The molecule has 14 heavy (non-hydrogen) atoms. The van der Waals surface area contributed by atoms with Gasteiger partial charge < -0.3 is 4.74 Å². The molecule has 0 N–H and O–H groups in total. The third-order valence-corrected chi connectivity index (χ3v) is 2.61. The zero-order valence-corrected chi connectivity index (χ0v) is 7.68. The van der Waals surface area contributed by atoms with Gasteiger partial charge in [-0.3, -0.25) is 0 Å². The van der Waals surface area contributed by atoms with Crippen LogP contribution < -0.4 is 0 Å². The highest BCUT2D eigenvalue weighted by molar-refractivity contribution is 5.83. The van der Waals surface area contributed by atoms with Gasteiger partial charge in [-0.2, -0.15) is 0 Å². The molecule has 2 aliphatic rings. The van der Waals surface area contributed by atoms with Crippen molar-refractivity contribution in [2.24, 2.45) is 0 Å². The summed E-state index contributed by atoms with van der Waals surface area (Å²) in [6.45, 7) is 0. The van der Waals surface area contributed by atoms with Crippen LogP contribution in [0.2, 0.25) is 0 Å².